The zero-order chi connectivity index (χ0) is 15.0. The second-order valence-corrected chi connectivity index (χ2v) is 4.92. The van der Waals surface area contributed by atoms with E-state index in [4.69, 9.17) is 5.73 Å². The molecule has 0 radical (unpaired) electrons. The molecule has 108 valence electrons. The highest BCUT2D eigenvalue weighted by Crippen LogP contribution is 2.38. The first-order valence-electron chi connectivity index (χ1n) is 4.60. The largest absolute Gasteiger partial charge is 0.434 e. The van der Waals surface area contributed by atoms with Crippen molar-refractivity contribution in [3.63, 3.8) is 0 Å². The molecule has 0 unspecified atom stereocenters. The van der Waals surface area contributed by atoms with Gasteiger partial charge in [0.05, 0.1) is 0 Å². The molecular weight excluding hydrogens is 297 g/mol. The number of primary sulfonamides is 1. The molecule has 1 aromatic heterocycles. The highest BCUT2D eigenvalue weighted by molar-refractivity contribution is 7.89. The van der Waals surface area contributed by atoms with Gasteiger partial charge in [0.1, 0.15) is 4.90 Å². The summed E-state index contributed by atoms with van der Waals surface area (Å²) >= 11 is 0. The number of sulfonamides is 1. The van der Waals surface area contributed by atoms with Crippen molar-refractivity contribution >= 4 is 10.0 Å². The van der Waals surface area contributed by atoms with E-state index in [0.29, 0.717) is 6.20 Å². The molecule has 0 spiro atoms. The molecule has 5 nitrogen and oxygen atoms in total. The maximum absolute atomic E-state index is 12.8. The molecule has 0 atom stereocenters. The fourth-order valence-electron chi connectivity index (χ4n) is 1.44. The number of nitrogens with two attached hydrogens (primary N) is 2. The topological polar surface area (TPSA) is 99.1 Å². The second kappa shape index (κ2) is 4.98. The van der Waals surface area contributed by atoms with E-state index in [2.05, 4.69) is 10.1 Å². The van der Waals surface area contributed by atoms with Crippen LogP contribution in [0.1, 0.15) is 23.2 Å². The molecule has 0 aliphatic heterocycles. The lowest BCUT2D eigenvalue weighted by Gasteiger charge is -2.16. The number of pyridine rings is 1. The highest BCUT2D eigenvalue weighted by atomic mass is 32.2. The number of rotatable bonds is 3. The zero-order valence-corrected chi connectivity index (χ0v) is 9.89. The SMILES string of the molecule is NCc1cnc(C(F)(F)F)c(S(N)(=O)=O)c1C(F)F. The number of hydrogen-bond donors (Lipinski definition) is 2. The summed E-state index contributed by atoms with van der Waals surface area (Å²) in [5, 5.41) is 4.57. The lowest BCUT2D eigenvalue weighted by molar-refractivity contribution is -0.143. The Labute approximate surface area is 104 Å². The summed E-state index contributed by atoms with van der Waals surface area (Å²) in [6.45, 7) is -0.604. The summed E-state index contributed by atoms with van der Waals surface area (Å²) in [5.41, 5.74) is 1.20. The molecule has 4 N–H and O–H groups in total. The molecule has 0 saturated heterocycles. The van der Waals surface area contributed by atoms with Crippen molar-refractivity contribution in [3.05, 3.63) is 23.0 Å². The van der Waals surface area contributed by atoms with Crippen LogP contribution in [0, 0.1) is 0 Å². The Morgan fingerprint density at radius 3 is 2.16 bits per heavy atom. The van der Waals surface area contributed by atoms with Crippen LogP contribution in [0.3, 0.4) is 0 Å². The lowest BCUT2D eigenvalue weighted by Crippen LogP contribution is -2.24. The van der Waals surface area contributed by atoms with Crippen molar-refractivity contribution in [1.29, 1.82) is 0 Å². The van der Waals surface area contributed by atoms with Gasteiger partial charge >= 0.3 is 6.18 Å². The van der Waals surface area contributed by atoms with Crippen LogP contribution in [0.5, 0.6) is 0 Å². The lowest BCUT2D eigenvalue weighted by atomic mass is 10.1. The fraction of sp³-hybridized carbons (Fsp3) is 0.375. The Morgan fingerprint density at radius 2 is 1.84 bits per heavy atom. The molecule has 11 heteroatoms. The first kappa shape index (κ1) is 15.7. The molecule has 1 aromatic rings. The van der Waals surface area contributed by atoms with E-state index in [9.17, 15) is 30.4 Å². The highest BCUT2D eigenvalue weighted by Gasteiger charge is 2.41. The van der Waals surface area contributed by atoms with Crippen LogP contribution in [0.15, 0.2) is 11.1 Å². The third-order valence-corrected chi connectivity index (χ3v) is 3.13. The Hall–Kier alpha value is -1.33. The minimum atomic E-state index is -5.24. The molecule has 0 aliphatic carbocycles. The van der Waals surface area contributed by atoms with Gasteiger partial charge in [-0.15, -0.1) is 0 Å². The minimum Gasteiger partial charge on any atom is -0.326 e. The van der Waals surface area contributed by atoms with Crippen molar-refractivity contribution in [2.75, 3.05) is 0 Å². The van der Waals surface area contributed by atoms with Crippen molar-refractivity contribution in [2.24, 2.45) is 10.9 Å². The quantitative estimate of drug-likeness (QED) is 0.818. The Balaban J connectivity index is 3.86. The van der Waals surface area contributed by atoms with Crippen molar-refractivity contribution in [2.45, 2.75) is 24.0 Å². The van der Waals surface area contributed by atoms with Crippen molar-refractivity contribution in [3.8, 4) is 0 Å². The average molecular weight is 305 g/mol. The molecule has 0 bridgehead atoms. The Bertz CT molecular complexity index is 585. The molecule has 0 saturated carbocycles. The zero-order valence-electron chi connectivity index (χ0n) is 9.08. The maximum atomic E-state index is 12.8. The van der Waals surface area contributed by atoms with Gasteiger partial charge in [-0.3, -0.25) is 4.98 Å². The summed E-state index contributed by atoms with van der Waals surface area (Å²) < 4.78 is 85.7. The maximum Gasteiger partial charge on any atom is 0.434 e. The Kier molecular flexibility index (Phi) is 4.12. The van der Waals surface area contributed by atoms with Crippen LogP contribution in [0.2, 0.25) is 0 Å². The number of nitrogens with zero attached hydrogens (tertiary/aromatic N) is 1. The van der Waals surface area contributed by atoms with E-state index >= 15 is 0 Å². The summed E-state index contributed by atoms with van der Waals surface area (Å²) in [7, 11) is -5.04. The Morgan fingerprint density at radius 1 is 1.32 bits per heavy atom. The van der Waals surface area contributed by atoms with E-state index in [1.165, 1.54) is 0 Å². The molecule has 0 amide bonds. The van der Waals surface area contributed by atoms with E-state index in [-0.39, 0.29) is 0 Å². The first-order valence-corrected chi connectivity index (χ1v) is 6.14. The molecule has 0 aromatic carbocycles. The first-order chi connectivity index (χ1) is 8.50. The normalized spacial score (nSPS) is 13.1. The van der Waals surface area contributed by atoms with Gasteiger partial charge in [-0.05, 0) is 5.56 Å². The monoisotopic (exact) mass is 305 g/mol. The molecule has 1 rings (SSSR count). The summed E-state index contributed by atoms with van der Waals surface area (Å²) in [6, 6.07) is 0. The number of aromatic nitrogens is 1. The van der Waals surface area contributed by atoms with E-state index in [0.717, 1.165) is 0 Å². The van der Waals surface area contributed by atoms with Crippen LogP contribution in [0.4, 0.5) is 22.0 Å². The van der Waals surface area contributed by atoms with Gasteiger partial charge < -0.3 is 5.73 Å². The standard InChI is InChI=1S/C8H8F5N3O2S/c9-7(10)4-3(1-14)2-16-6(8(11,12)13)5(4)19(15,17)18/h2,7H,1,14H2,(H2,15,17,18). The molecular formula is C8H8F5N3O2S. The van der Waals surface area contributed by atoms with E-state index < -0.39 is 50.9 Å². The van der Waals surface area contributed by atoms with Gasteiger partial charge in [-0.2, -0.15) is 13.2 Å². The third-order valence-electron chi connectivity index (χ3n) is 2.15. The van der Waals surface area contributed by atoms with Gasteiger partial charge in [0, 0.05) is 18.3 Å². The van der Waals surface area contributed by atoms with Crippen LogP contribution >= 0.6 is 0 Å². The number of hydrogen-bond acceptors (Lipinski definition) is 4. The van der Waals surface area contributed by atoms with Gasteiger partial charge in [0.25, 0.3) is 6.43 Å². The van der Waals surface area contributed by atoms with Gasteiger partial charge in [-0.1, -0.05) is 0 Å². The van der Waals surface area contributed by atoms with Crippen molar-refractivity contribution < 1.29 is 30.4 Å². The predicted octanol–water partition coefficient (Wildman–Crippen LogP) is 1.14. The molecule has 1 heterocycles. The second-order valence-electron chi connectivity index (χ2n) is 3.42. The summed E-state index contributed by atoms with van der Waals surface area (Å²) in [4.78, 5) is 1.09. The minimum absolute atomic E-state index is 0.457. The molecule has 0 aliphatic rings. The summed E-state index contributed by atoms with van der Waals surface area (Å²) in [6.07, 6.45) is -8.27. The summed E-state index contributed by atoms with van der Waals surface area (Å²) in [5.74, 6) is 0. The third kappa shape index (κ3) is 3.16. The van der Waals surface area contributed by atoms with Gasteiger partial charge in [0.2, 0.25) is 10.0 Å². The van der Waals surface area contributed by atoms with Crippen LogP contribution < -0.4 is 10.9 Å². The molecule has 19 heavy (non-hydrogen) atoms. The molecule has 0 fully saturated rings. The number of alkyl halides is 5. The van der Waals surface area contributed by atoms with Gasteiger partial charge in [0.15, 0.2) is 5.69 Å². The van der Waals surface area contributed by atoms with E-state index in [1.807, 2.05) is 0 Å². The van der Waals surface area contributed by atoms with Crippen LogP contribution in [0.25, 0.3) is 0 Å². The smallest absolute Gasteiger partial charge is 0.326 e. The van der Waals surface area contributed by atoms with Crippen LogP contribution in [-0.4, -0.2) is 13.4 Å². The van der Waals surface area contributed by atoms with Gasteiger partial charge in [-0.25, -0.2) is 22.3 Å². The average Bonchev–Trinajstić information content (AvgIpc) is 2.24. The van der Waals surface area contributed by atoms with E-state index in [1.54, 1.807) is 0 Å². The van der Waals surface area contributed by atoms with Crippen molar-refractivity contribution in [1.82, 2.24) is 4.98 Å². The van der Waals surface area contributed by atoms with Crippen LogP contribution in [-0.2, 0) is 22.7 Å². The fourth-order valence-corrected chi connectivity index (χ4v) is 2.40. The number of halogens is 5. The predicted molar refractivity (Wildman–Crippen MR) is 53.5 cm³/mol.